The number of carboxylic acid groups (broad SMARTS) is 1. The van der Waals surface area contributed by atoms with Crippen LogP contribution >= 0.6 is 0 Å². The summed E-state index contributed by atoms with van der Waals surface area (Å²) < 4.78 is 1.85. The van der Waals surface area contributed by atoms with Crippen LogP contribution in [0.4, 0.5) is 0 Å². The van der Waals surface area contributed by atoms with Gasteiger partial charge in [-0.05, 0) is 38.8 Å². The van der Waals surface area contributed by atoms with Crippen molar-refractivity contribution in [2.24, 2.45) is 0 Å². The SMILES string of the molecule is Cc1cc(C)n(C(C)CC(=O)NC(CCC(=O)O)c2ccccc2)n1. The Bertz CT molecular complexity index is 725. The lowest BCUT2D eigenvalue weighted by molar-refractivity contribution is -0.137. The molecule has 2 unspecified atom stereocenters. The van der Waals surface area contributed by atoms with Gasteiger partial charge in [-0.15, -0.1) is 0 Å². The summed E-state index contributed by atoms with van der Waals surface area (Å²) in [4.78, 5) is 23.4. The van der Waals surface area contributed by atoms with Crippen LogP contribution in [0.3, 0.4) is 0 Å². The molecule has 0 bridgehead atoms. The standard InChI is InChI=1S/C19H25N3O3/c1-13-11-14(2)22(21-13)15(3)12-18(23)20-17(9-10-19(24)25)16-7-5-4-6-8-16/h4-8,11,15,17H,9-10,12H2,1-3H3,(H,20,23)(H,24,25). The number of aryl methyl sites for hydroxylation is 2. The van der Waals surface area contributed by atoms with Crippen molar-refractivity contribution in [1.82, 2.24) is 15.1 Å². The van der Waals surface area contributed by atoms with E-state index in [-0.39, 0.29) is 24.4 Å². The summed E-state index contributed by atoms with van der Waals surface area (Å²) in [5.41, 5.74) is 2.85. The van der Waals surface area contributed by atoms with Crippen LogP contribution in [0.5, 0.6) is 0 Å². The van der Waals surface area contributed by atoms with Crippen LogP contribution in [-0.2, 0) is 9.59 Å². The van der Waals surface area contributed by atoms with E-state index in [1.807, 2.05) is 61.9 Å². The summed E-state index contributed by atoms with van der Waals surface area (Å²) in [5.74, 6) is -0.981. The predicted octanol–water partition coefficient (Wildman–Crippen LogP) is 3.17. The number of rotatable bonds is 8. The zero-order valence-electron chi connectivity index (χ0n) is 14.9. The number of carbonyl (C=O) groups excluding carboxylic acids is 1. The smallest absolute Gasteiger partial charge is 0.303 e. The molecule has 0 aliphatic carbocycles. The molecule has 0 radical (unpaired) electrons. The Labute approximate surface area is 147 Å². The monoisotopic (exact) mass is 343 g/mol. The summed E-state index contributed by atoms with van der Waals surface area (Å²) in [7, 11) is 0. The van der Waals surface area contributed by atoms with Crippen molar-refractivity contribution in [3.8, 4) is 0 Å². The van der Waals surface area contributed by atoms with Crippen molar-refractivity contribution in [1.29, 1.82) is 0 Å². The van der Waals surface area contributed by atoms with E-state index in [0.29, 0.717) is 12.8 Å². The molecule has 6 heteroatoms. The average Bonchev–Trinajstić information content (AvgIpc) is 2.90. The first-order valence-corrected chi connectivity index (χ1v) is 8.45. The summed E-state index contributed by atoms with van der Waals surface area (Å²) >= 11 is 0. The Morgan fingerprint density at radius 1 is 1.24 bits per heavy atom. The van der Waals surface area contributed by atoms with Gasteiger partial charge in [-0.25, -0.2) is 0 Å². The molecular formula is C19H25N3O3. The average molecular weight is 343 g/mol. The van der Waals surface area contributed by atoms with Crippen molar-refractivity contribution in [2.45, 2.75) is 52.1 Å². The molecule has 1 aromatic carbocycles. The van der Waals surface area contributed by atoms with Crippen LogP contribution in [-0.4, -0.2) is 26.8 Å². The fourth-order valence-corrected chi connectivity index (χ4v) is 2.98. The normalized spacial score (nSPS) is 13.2. The first-order valence-electron chi connectivity index (χ1n) is 8.45. The van der Waals surface area contributed by atoms with E-state index >= 15 is 0 Å². The van der Waals surface area contributed by atoms with Crippen molar-refractivity contribution in [3.05, 3.63) is 53.3 Å². The molecule has 25 heavy (non-hydrogen) atoms. The van der Waals surface area contributed by atoms with Gasteiger partial charge in [-0.1, -0.05) is 30.3 Å². The van der Waals surface area contributed by atoms with Gasteiger partial charge in [0.05, 0.1) is 17.8 Å². The Hall–Kier alpha value is -2.63. The molecule has 0 aliphatic rings. The van der Waals surface area contributed by atoms with Gasteiger partial charge in [0, 0.05) is 18.5 Å². The maximum absolute atomic E-state index is 12.5. The van der Waals surface area contributed by atoms with Gasteiger partial charge in [0.2, 0.25) is 5.91 Å². The van der Waals surface area contributed by atoms with Crippen LogP contribution in [0.2, 0.25) is 0 Å². The zero-order valence-corrected chi connectivity index (χ0v) is 14.9. The number of amides is 1. The fraction of sp³-hybridized carbons (Fsp3) is 0.421. The van der Waals surface area contributed by atoms with Crippen LogP contribution < -0.4 is 5.32 Å². The van der Waals surface area contributed by atoms with Gasteiger partial charge < -0.3 is 10.4 Å². The van der Waals surface area contributed by atoms with Crippen molar-refractivity contribution < 1.29 is 14.7 Å². The lowest BCUT2D eigenvalue weighted by Gasteiger charge is -2.20. The maximum Gasteiger partial charge on any atom is 0.303 e. The molecule has 2 atom stereocenters. The zero-order chi connectivity index (χ0) is 18.4. The third-order valence-electron chi connectivity index (χ3n) is 4.13. The largest absolute Gasteiger partial charge is 0.481 e. The number of aromatic nitrogens is 2. The molecule has 0 fully saturated rings. The van der Waals surface area contributed by atoms with Crippen LogP contribution in [0, 0.1) is 13.8 Å². The molecule has 1 heterocycles. The second-order valence-electron chi connectivity index (χ2n) is 6.39. The van der Waals surface area contributed by atoms with Gasteiger partial charge in [0.15, 0.2) is 0 Å². The number of hydrogen-bond donors (Lipinski definition) is 2. The maximum atomic E-state index is 12.5. The Morgan fingerprint density at radius 3 is 2.48 bits per heavy atom. The van der Waals surface area contributed by atoms with Gasteiger partial charge in [-0.2, -0.15) is 5.10 Å². The Kier molecular flexibility index (Phi) is 6.33. The predicted molar refractivity (Wildman–Crippen MR) is 95.2 cm³/mol. The minimum Gasteiger partial charge on any atom is -0.481 e. The lowest BCUT2D eigenvalue weighted by Crippen LogP contribution is -2.31. The van der Waals surface area contributed by atoms with Crippen molar-refractivity contribution in [2.75, 3.05) is 0 Å². The molecule has 0 saturated carbocycles. The third-order valence-corrected chi connectivity index (χ3v) is 4.13. The number of benzene rings is 1. The van der Waals surface area contributed by atoms with Gasteiger partial charge in [-0.3, -0.25) is 14.3 Å². The van der Waals surface area contributed by atoms with E-state index in [2.05, 4.69) is 10.4 Å². The summed E-state index contributed by atoms with van der Waals surface area (Å²) in [6.07, 6.45) is 0.657. The number of nitrogens with one attached hydrogen (secondary N) is 1. The van der Waals surface area contributed by atoms with E-state index in [1.54, 1.807) is 0 Å². The minimum absolute atomic E-state index is 0.00680. The molecule has 2 N–H and O–H groups in total. The summed E-state index contributed by atoms with van der Waals surface area (Å²) in [5, 5.41) is 16.3. The number of carbonyl (C=O) groups is 2. The van der Waals surface area contributed by atoms with Crippen LogP contribution in [0.1, 0.15) is 55.2 Å². The van der Waals surface area contributed by atoms with Crippen molar-refractivity contribution in [3.63, 3.8) is 0 Å². The van der Waals surface area contributed by atoms with Gasteiger partial charge in [0.25, 0.3) is 0 Å². The van der Waals surface area contributed by atoms with E-state index in [4.69, 9.17) is 5.11 Å². The van der Waals surface area contributed by atoms with Crippen LogP contribution in [0.25, 0.3) is 0 Å². The fourth-order valence-electron chi connectivity index (χ4n) is 2.98. The lowest BCUT2D eigenvalue weighted by atomic mass is 10.0. The highest BCUT2D eigenvalue weighted by Crippen LogP contribution is 2.20. The highest BCUT2D eigenvalue weighted by Gasteiger charge is 2.19. The number of nitrogens with zero attached hydrogens (tertiary/aromatic N) is 2. The minimum atomic E-state index is -0.869. The molecule has 1 amide bonds. The molecule has 2 rings (SSSR count). The van der Waals surface area contributed by atoms with Crippen LogP contribution in [0.15, 0.2) is 36.4 Å². The molecule has 1 aromatic heterocycles. The first kappa shape index (κ1) is 18.7. The molecule has 0 spiro atoms. The molecule has 134 valence electrons. The molecule has 2 aromatic rings. The topological polar surface area (TPSA) is 84.2 Å². The second kappa shape index (κ2) is 8.46. The summed E-state index contributed by atoms with van der Waals surface area (Å²) in [6, 6.07) is 11.1. The van der Waals surface area contributed by atoms with Gasteiger partial charge in [0.1, 0.15) is 0 Å². The number of hydrogen-bond acceptors (Lipinski definition) is 3. The Morgan fingerprint density at radius 2 is 1.92 bits per heavy atom. The summed E-state index contributed by atoms with van der Waals surface area (Å²) in [6.45, 7) is 5.84. The highest BCUT2D eigenvalue weighted by molar-refractivity contribution is 5.77. The Balaban J connectivity index is 2.03. The molecule has 0 saturated heterocycles. The molecule has 6 nitrogen and oxygen atoms in total. The van der Waals surface area contributed by atoms with E-state index in [9.17, 15) is 9.59 Å². The molecular weight excluding hydrogens is 318 g/mol. The van der Waals surface area contributed by atoms with E-state index < -0.39 is 5.97 Å². The molecule has 0 aliphatic heterocycles. The first-order chi connectivity index (χ1) is 11.9. The number of carboxylic acids is 1. The van der Waals surface area contributed by atoms with E-state index in [1.165, 1.54) is 0 Å². The highest BCUT2D eigenvalue weighted by atomic mass is 16.4. The van der Waals surface area contributed by atoms with E-state index in [0.717, 1.165) is 17.0 Å². The second-order valence-corrected chi connectivity index (χ2v) is 6.39. The number of aliphatic carboxylic acids is 1. The van der Waals surface area contributed by atoms with Crippen molar-refractivity contribution >= 4 is 11.9 Å². The quantitative estimate of drug-likeness (QED) is 0.771. The third kappa shape index (κ3) is 5.45. The van der Waals surface area contributed by atoms with Gasteiger partial charge >= 0.3 is 5.97 Å².